The highest BCUT2D eigenvalue weighted by atomic mass is 32.2. The Morgan fingerprint density at radius 1 is 0.778 bits per heavy atom. The Balaban J connectivity index is 2.45. The molecule has 4 heteroatoms. The van der Waals surface area contributed by atoms with Crippen LogP contribution in [0.25, 0.3) is 0 Å². The van der Waals surface area contributed by atoms with Gasteiger partial charge >= 0.3 is 0 Å². The average Bonchev–Trinajstić information content (AvgIpc) is 2.62. The van der Waals surface area contributed by atoms with Crippen LogP contribution >= 0.6 is 0 Å². The first-order chi connectivity index (χ1) is 12.5. The van der Waals surface area contributed by atoms with Crippen LogP contribution in [0.1, 0.15) is 78.1 Å². The van der Waals surface area contributed by atoms with Crippen LogP contribution in [0.4, 0.5) is 0 Å². The van der Waals surface area contributed by atoms with Crippen LogP contribution in [0.15, 0.2) is 29.2 Å². The molecular formula is C23H33NO2S. The van der Waals surface area contributed by atoms with Gasteiger partial charge < -0.3 is 0 Å². The van der Waals surface area contributed by atoms with Crippen molar-refractivity contribution in [2.45, 2.75) is 78.7 Å². The summed E-state index contributed by atoms with van der Waals surface area (Å²) in [6.45, 7) is 16.2. The minimum absolute atomic E-state index is 0.239. The second-order valence-electron chi connectivity index (χ2n) is 7.86. The first kappa shape index (κ1) is 21.6. The average molecular weight is 388 g/mol. The van der Waals surface area contributed by atoms with Crippen molar-refractivity contribution in [2.75, 3.05) is 0 Å². The maximum atomic E-state index is 13.3. The van der Waals surface area contributed by atoms with Gasteiger partial charge in [0.15, 0.2) is 0 Å². The van der Waals surface area contributed by atoms with Crippen LogP contribution < -0.4 is 4.72 Å². The summed E-state index contributed by atoms with van der Waals surface area (Å²) in [5.41, 5.74) is 7.20. The van der Waals surface area contributed by atoms with Gasteiger partial charge in [-0.25, -0.2) is 13.1 Å². The molecule has 1 N–H and O–H groups in total. The largest absolute Gasteiger partial charge is 0.241 e. The fraction of sp³-hybridized carbons (Fsp3) is 0.478. The Labute approximate surface area is 165 Å². The van der Waals surface area contributed by atoms with E-state index in [0.717, 1.165) is 27.8 Å². The van der Waals surface area contributed by atoms with Crippen LogP contribution in [0.5, 0.6) is 0 Å². The van der Waals surface area contributed by atoms with Gasteiger partial charge in [-0.3, -0.25) is 0 Å². The van der Waals surface area contributed by atoms with Gasteiger partial charge in [0.05, 0.1) is 4.90 Å². The highest BCUT2D eigenvalue weighted by molar-refractivity contribution is 7.89. The lowest BCUT2D eigenvalue weighted by Gasteiger charge is -2.23. The summed E-state index contributed by atoms with van der Waals surface area (Å²) in [4.78, 5) is 0.431. The lowest BCUT2D eigenvalue weighted by molar-refractivity contribution is 0.548. The van der Waals surface area contributed by atoms with Crippen molar-refractivity contribution >= 4 is 10.0 Å². The maximum Gasteiger partial charge on any atom is 0.241 e. The lowest BCUT2D eigenvalue weighted by atomic mass is 9.95. The Hall–Kier alpha value is -1.65. The molecule has 0 heterocycles. The topological polar surface area (TPSA) is 46.2 Å². The van der Waals surface area contributed by atoms with E-state index >= 15 is 0 Å². The van der Waals surface area contributed by atoms with Crippen LogP contribution in [-0.4, -0.2) is 8.42 Å². The monoisotopic (exact) mass is 387 g/mol. The molecule has 1 unspecified atom stereocenters. The molecule has 1 atom stereocenters. The minimum atomic E-state index is -3.62. The van der Waals surface area contributed by atoms with Crippen molar-refractivity contribution in [1.29, 1.82) is 0 Å². The lowest BCUT2D eigenvalue weighted by Crippen LogP contribution is -2.30. The predicted octanol–water partition coefficient (Wildman–Crippen LogP) is 5.78. The molecule has 3 nitrogen and oxygen atoms in total. The molecule has 0 fully saturated rings. The Kier molecular flexibility index (Phi) is 6.54. The molecule has 2 aromatic carbocycles. The van der Waals surface area contributed by atoms with E-state index in [1.54, 1.807) is 0 Å². The van der Waals surface area contributed by atoms with Gasteiger partial charge in [-0.1, -0.05) is 45.0 Å². The molecule has 0 aliphatic carbocycles. The van der Waals surface area contributed by atoms with E-state index < -0.39 is 10.0 Å². The summed E-state index contributed by atoms with van der Waals surface area (Å²) in [6.07, 6.45) is 0.697. The number of hydrogen-bond donors (Lipinski definition) is 1. The van der Waals surface area contributed by atoms with Gasteiger partial charge in [0.25, 0.3) is 0 Å². The molecule has 0 bridgehead atoms. The molecule has 0 amide bonds. The maximum absolute atomic E-state index is 13.3. The second-order valence-corrected chi connectivity index (χ2v) is 9.51. The van der Waals surface area contributed by atoms with Gasteiger partial charge in [-0.05, 0) is 85.9 Å². The molecule has 0 saturated carbocycles. The molecule has 0 radical (unpaired) electrons. The van der Waals surface area contributed by atoms with E-state index in [4.69, 9.17) is 0 Å². The molecule has 0 aromatic heterocycles. The molecule has 0 aliphatic rings. The number of hydrogen-bond acceptors (Lipinski definition) is 2. The molecule has 0 saturated heterocycles. The third-order valence-corrected chi connectivity index (χ3v) is 7.66. The van der Waals surface area contributed by atoms with Crippen molar-refractivity contribution in [3.8, 4) is 0 Å². The van der Waals surface area contributed by atoms with E-state index in [-0.39, 0.29) is 6.04 Å². The summed E-state index contributed by atoms with van der Waals surface area (Å²) < 4.78 is 29.5. The van der Waals surface area contributed by atoms with Crippen molar-refractivity contribution in [3.63, 3.8) is 0 Å². The molecular weight excluding hydrogens is 354 g/mol. The van der Waals surface area contributed by atoms with Crippen molar-refractivity contribution < 1.29 is 8.42 Å². The number of nitrogens with one attached hydrogen (secondary N) is 1. The Morgan fingerprint density at radius 3 is 1.59 bits per heavy atom. The van der Waals surface area contributed by atoms with E-state index in [2.05, 4.69) is 37.6 Å². The third-order valence-electron chi connectivity index (χ3n) is 5.91. The third kappa shape index (κ3) is 4.27. The fourth-order valence-corrected chi connectivity index (χ4v) is 5.52. The van der Waals surface area contributed by atoms with Crippen molar-refractivity contribution in [1.82, 2.24) is 4.72 Å². The highest BCUT2D eigenvalue weighted by Crippen LogP contribution is 2.31. The summed E-state index contributed by atoms with van der Waals surface area (Å²) in [6, 6.07) is 8.02. The van der Waals surface area contributed by atoms with Crippen LogP contribution in [0.2, 0.25) is 0 Å². The zero-order valence-electron chi connectivity index (χ0n) is 17.9. The molecule has 0 spiro atoms. The summed E-state index contributed by atoms with van der Waals surface area (Å²) in [5, 5.41) is 0. The normalized spacial score (nSPS) is 13.2. The van der Waals surface area contributed by atoms with Crippen molar-refractivity contribution in [2.24, 2.45) is 0 Å². The Bertz CT molecular complexity index is 897. The predicted molar refractivity (Wildman–Crippen MR) is 114 cm³/mol. The quantitative estimate of drug-likeness (QED) is 0.683. The van der Waals surface area contributed by atoms with Crippen LogP contribution in [0.3, 0.4) is 0 Å². The number of benzene rings is 2. The van der Waals surface area contributed by atoms with Crippen LogP contribution in [-0.2, 0) is 10.0 Å². The zero-order valence-corrected chi connectivity index (χ0v) is 18.7. The van der Waals surface area contributed by atoms with E-state index in [9.17, 15) is 8.42 Å². The molecule has 2 aromatic rings. The van der Waals surface area contributed by atoms with E-state index in [1.165, 1.54) is 11.1 Å². The highest BCUT2D eigenvalue weighted by Gasteiger charge is 2.26. The smallest absolute Gasteiger partial charge is 0.207 e. The second kappa shape index (κ2) is 8.15. The summed E-state index contributed by atoms with van der Waals surface area (Å²) in [7, 11) is -3.62. The zero-order chi connectivity index (χ0) is 20.5. The van der Waals surface area contributed by atoms with E-state index in [1.807, 2.05) is 46.8 Å². The SMILES string of the molecule is CCC(NS(=O)(=O)c1c(C)c(C)c(C)c(C)c1C)c1ccc(C(C)C)cc1. The minimum Gasteiger partial charge on any atom is -0.207 e. The van der Waals surface area contributed by atoms with Crippen LogP contribution in [0, 0.1) is 34.6 Å². The molecule has 27 heavy (non-hydrogen) atoms. The van der Waals surface area contributed by atoms with Crippen molar-refractivity contribution in [3.05, 3.63) is 63.2 Å². The van der Waals surface area contributed by atoms with Gasteiger partial charge in [-0.15, -0.1) is 0 Å². The summed E-state index contributed by atoms with van der Waals surface area (Å²) in [5.74, 6) is 0.458. The van der Waals surface area contributed by atoms with Gasteiger partial charge in [0, 0.05) is 6.04 Å². The number of rotatable bonds is 6. The standard InChI is InChI=1S/C23H33NO2S/c1-9-22(21-12-10-20(11-13-21)14(2)3)24-27(25,26)23-18(7)16(5)15(4)17(6)19(23)8/h10-14,22,24H,9H2,1-8H3. The molecule has 148 valence electrons. The summed E-state index contributed by atoms with van der Waals surface area (Å²) >= 11 is 0. The van der Waals surface area contributed by atoms with E-state index in [0.29, 0.717) is 17.2 Å². The number of sulfonamides is 1. The van der Waals surface area contributed by atoms with Gasteiger partial charge in [-0.2, -0.15) is 0 Å². The molecule has 2 rings (SSSR count). The van der Waals surface area contributed by atoms with Gasteiger partial charge in [0.2, 0.25) is 10.0 Å². The first-order valence-electron chi connectivity index (χ1n) is 9.70. The van der Waals surface area contributed by atoms with Gasteiger partial charge in [0.1, 0.15) is 0 Å². The first-order valence-corrected chi connectivity index (χ1v) is 11.2. The Morgan fingerprint density at radius 2 is 1.19 bits per heavy atom. The molecule has 0 aliphatic heterocycles. The fourth-order valence-electron chi connectivity index (χ4n) is 3.62.